The van der Waals surface area contributed by atoms with E-state index in [1.807, 2.05) is 23.9 Å². The summed E-state index contributed by atoms with van der Waals surface area (Å²) in [6.07, 6.45) is 0.614. The predicted octanol–water partition coefficient (Wildman–Crippen LogP) is 1.58. The first-order chi connectivity index (χ1) is 6.36. The second-order valence-electron chi connectivity index (χ2n) is 4.54. The summed E-state index contributed by atoms with van der Waals surface area (Å²) in [6.45, 7) is 9.08. The molecule has 0 spiro atoms. The maximum Gasteiger partial charge on any atom is 0.224 e. The van der Waals surface area contributed by atoms with Crippen LogP contribution in [-0.2, 0) is 4.79 Å². The van der Waals surface area contributed by atoms with Crippen molar-refractivity contribution < 1.29 is 4.79 Å². The van der Waals surface area contributed by atoms with Crippen LogP contribution in [0.15, 0.2) is 0 Å². The summed E-state index contributed by atoms with van der Waals surface area (Å²) >= 11 is 0. The smallest absolute Gasteiger partial charge is 0.224 e. The Labute approximate surface area is 88.1 Å². The van der Waals surface area contributed by atoms with Crippen LogP contribution in [0.25, 0.3) is 0 Å². The van der Waals surface area contributed by atoms with E-state index in [1.54, 1.807) is 0 Å². The number of amides is 1. The molecule has 14 heavy (non-hydrogen) atoms. The third kappa shape index (κ3) is 4.61. The van der Waals surface area contributed by atoms with Gasteiger partial charge in [0, 0.05) is 25.0 Å². The minimum absolute atomic E-state index is 0.253. The van der Waals surface area contributed by atoms with E-state index in [4.69, 9.17) is 0 Å². The number of rotatable bonds is 5. The van der Waals surface area contributed by atoms with Crippen LogP contribution in [0, 0.1) is 0 Å². The van der Waals surface area contributed by atoms with Gasteiger partial charge in [0.15, 0.2) is 0 Å². The Morgan fingerprint density at radius 3 is 1.79 bits per heavy atom. The zero-order valence-electron chi connectivity index (χ0n) is 10.4. The van der Waals surface area contributed by atoms with Gasteiger partial charge in [0.25, 0.3) is 0 Å². The Bertz CT molecular complexity index is 168. The van der Waals surface area contributed by atoms with Crippen LogP contribution in [0.1, 0.15) is 34.1 Å². The van der Waals surface area contributed by atoms with Crippen molar-refractivity contribution in [3.63, 3.8) is 0 Å². The third-order valence-corrected chi connectivity index (χ3v) is 2.17. The first-order valence-electron chi connectivity index (χ1n) is 5.32. The SMILES string of the molecule is CC(C)N(C(=O)CCN(C)C)C(C)C. The van der Waals surface area contributed by atoms with Gasteiger partial charge in [0.05, 0.1) is 0 Å². The van der Waals surface area contributed by atoms with Crippen molar-refractivity contribution >= 4 is 5.91 Å². The largest absolute Gasteiger partial charge is 0.338 e. The molecule has 1 amide bonds. The van der Waals surface area contributed by atoms with Crippen LogP contribution in [0.4, 0.5) is 0 Å². The quantitative estimate of drug-likeness (QED) is 0.673. The molecular weight excluding hydrogens is 176 g/mol. The van der Waals surface area contributed by atoms with E-state index >= 15 is 0 Å². The van der Waals surface area contributed by atoms with Crippen LogP contribution in [0.2, 0.25) is 0 Å². The van der Waals surface area contributed by atoms with Gasteiger partial charge in [-0.2, -0.15) is 0 Å². The van der Waals surface area contributed by atoms with E-state index in [9.17, 15) is 4.79 Å². The van der Waals surface area contributed by atoms with Crippen molar-refractivity contribution in [3.05, 3.63) is 0 Å². The minimum atomic E-state index is 0.253. The molecule has 0 aliphatic rings. The molecule has 84 valence electrons. The first-order valence-corrected chi connectivity index (χ1v) is 5.32. The summed E-state index contributed by atoms with van der Waals surface area (Å²) in [7, 11) is 3.98. The van der Waals surface area contributed by atoms with Gasteiger partial charge in [-0.3, -0.25) is 4.79 Å². The van der Waals surface area contributed by atoms with E-state index < -0.39 is 0 Å². The van der Waals surface area contributed by atoms with Gasteiger partial charge in [-0.25, -0.2) is 0 Å². The van der Waals surface area contributed by atoms with Crippen molar-refractivity contribution in [2.45, 2.75) is 46.2 Å². The van der Waals surface area contributed by atoms with Crippen LogP contribution in [-0.4, -0.2) is 48.4 Å². The number of hydrogen-bond acceptors (Lipinski definition) is 2. The summed E-state index contributed by atoms with van der Waals surface area (Å²) in [4.78, 5) is 15.8. The molecule has 0 unspecified atom stereocenters. The lowest BCUT2D eigenvalue weighted by molar-refractivity contribution is -0.135. The Hall–Kier alpha value is -0.570. The fourth-order valence-corrected chi connectivity index (χ4v) is 1.62. The van der Waals surface area contributed by atoms with Gasteiger partial charge in [-0.05, 0) is 41.8 Å². The van der Waals surface area contributed by atoms with E-state index in [1.165, 1.54) is 0 Å². The monoisotopic (exact) mass is 200 g/mol. The molecule has 0 fully saturated rings. The van der Waals surface area contributed by atoms with E-state index in [0.717, 1.165) is 6.54 Å². The van der Waals surface area contributed by atoms with Crippen molar-refractivity contribution in [3.8, 4) is 0 Å². The topological polar surface area (TPSA) is 23.6 Å². The highest BCUT2D eigenvalue weighted by Crippen LogP contribution is 2.07. The molecule has 0 atom stereocenters. The van der Waals surface area contributed by atoms with Gasteiger partial charge in [-0.15, -0.1) is 0 Å². The van der Waals surface area contributed by atoms with Crippen LogP contribution in [0.3, 0.4) is 0 Å². The molecular formula is C11H24N2O. The lowest BCUT2D eigenvalue weighted by atomic mass is 10.2. The Morgan fingerprint density at radius 2 is 1.50 bits per heavy atom. The van der Waals surface area contributed by atoms with Gasteiger partial charge in [-0.1, -0.05) is 0 Å². The van der Waals surface area contributed by atoms with Gasteiger partial charge in [0.2, 0.25) is 5.91 Å². The number of carbonyl (C=O) groups is 1. The maximum absolute atomic E-state index is 11.8. The summed E-state index contributed by atoms with van der Waals surface area (Å²) in [5.74, 6) is 0.253. The molecule has 0 saturated heterocycles. The van der Waals surface area contributed by atoms with E-state index in [2.05, 4.69) is 27.7 Å². The zero-order chi connectivity index (χ0) is 11.3. The molecule has 0 aliphatic heterocycles. The standard InChI is InChI=1S/C11H24N2O/c1-9(2)13(10(3)4)11(14)7-8-12(5)6/h9-10H,7-8H2,1-6H3. The van der Waals surface area contributed by atoms with Crippen LogP contribution >= 0.6 is 0 Å². The normalized spacial score (nSPS) is 11.5. The number of nitrogens with zero attached hydrogens (tertiary/aromatic N) is 2. The Kier molecular flexibility index (Phi) is 5.77. The Morgan fingerprint density at radius 1 is 1.07 bits per heavy atom. The highest BCUT2D eigenvalue weighted by Gasteiger charge is 2.19. The summed E-state index contributed by atoms with van der Waals surface area (Å²) in [6, 6.07) is 0.592. The van der Waals surface area contributed by atoms with Crippen LogP contribution in [0.5, 0.6) is 0 Å². The summed E-state index contributed by atoms with van der Waals surface area (Å²) in [5.41, 5.74) is 0. The Balaban J connectivity index is 4.17. The molecule has 0 saturated carbocycles. The molecule has 0 rings (SSSR count). The molecule has 0 aliphatic carbocycles. The van der Waals surface area contributed by atoms with Crippen molar-refractivity contribution in [2.24, 2.45) is 0 Å². The summed E-state index contributed by atoms with van der Waals surface area (Å²) in [5, 5.41) is 0. The highest BCUT2D eigenvalue weighted by molar-refractivity contribution is 5.76. The average molecular weight is 200 g/mol. The molecule has 3 heteroatoms. The molecule has 0 aromatic rings. The number of carbonyl (C=O) groups excluding carboxylic acids is 1. The van der Waals surface area contributed by atoms with Crippen molar-refractivity contribution in [1.29, 1.82) is 0 Å². The maximum atomic E-state index is 11.8. The first kappa shape index (κ1) is 13.4. The lowest BCUT2D eigenvalue weighted by Crippen LogP contribution is -2.42. The van der Waals surface area contributed by atoms with Crippen LogP contribution < -0.4 is 0 Å². The third-order valence-electron chi connectivity index (χ3n) is 2.17. The van der Waals surface area contributed by atoms with E-state index in [-0.39, 0.29) is 5.91 Å². The number of hydrogen-bond donors (Lipinski definition) is 0. The minimum Gasteiger partial charge on any atom is -0.338 e. The van der Waals surface area contributed by atoms with Gasteiger partial charge < -0.3 is 9.80 Å². The molecule has 0 radical (unpaired) electrons. The second-order valence-corrected chi connectivity index (χ2v) is 4.54. The molecule has 0 bridgehead atoms. The molecule has 3 nitrogen and oxygen atoms in total. The molecule has 0 aromatic heterocycles. The fourth-order valence-electron chi connectivity index (χ4n) is 1.62. The van der Waals surface area contributed by atoms with Gasteiger partial charge in [0.1, 0.15) is 0 Å². The fraction of sp³-hybridized carbons (Fsp3) is 0.909. The van der Waals surface area contributed by atoms with E-state index in [0.29, 0.717) is 18.5 Å². The van der Waals surface area contributed by atoms with Gasteiger partial charge >= 0.3 is 0 Å². The zero-order valence-corrected chi connectivity index (χ0v) is 10.4. The average Bonchev–Trinajstić information content (AvgIpc) is 1.99. The lowest BCUT2D eigenvalue weighted by Gasteiger charge is -2.31. The molecule has 0 aromatic carbocycles. The highest BCUT2D eigenvalue weighted by atomic mass is 16.2. The summed E-state index contributed by atoms with van der Waals surface area (Å²) < 4.78 is 0. The van der Waals surface area contributed by atoms with Crippen molar-refractivity contribution in [2.75, 3.05) is 20.6 Å². The molecule has 0 heterocycles. The predicted molar refractivity (Wildman–Crippen MR) is 60.3 cm³/mol. The second kappa shape index (κ2) is 6.02. The molecule has 0 N–H and O–H groups in total. The van der Waals surface area contributed by atoms with Crippen molar-refractivity contribution in [1.82, 2.24) is 9.80 Å².